The smallest absolute Gasteiger partial charge is 0.358 e. The van der Waals surface area contributed by atoms with Crippen molar-refractivity contribution in [1.29, 1.82) is 5.26 Å². The lowest BCUT2D eigenvalue weighted by atomic mass is 10.2. The zero-order valence-corrected chi connectivity index (χ0v) is 15.9. The highest BCUT2D eigenvalue weighted by molar-refractivity contribution is 7.86. The number of rotatable bonds is 4. The van der Waals surface area contributed by atoms with Crippen molar-refractivity contribution in [3.63, 3.8) is 0 Å². The number of benzene rings is 1. The van der Waals surface area contributed by atoms with Gasteiger partial charge in [-0.05, 0) is 12.1 Å². The first-order valence-corrected chi connectivity index (χ1v) is 8.99. The molecule has 1 unspecified atom stereocenters. The Morgan fingerprint density at radius 3 is 2.17 bits per heavy atom. The van der Waals surface area contributed by atoms with Crippen LogP contribution in [0.25, 0.3) is 5.69 Å². The van der Waals surface area contributed by atoms with Gasteiger partial charge in [0, 0.05) is 0 Å². The number of hydrogen-bond donors (Lipinski definition) is 1. The standard InChI is InChI=1S/C15H6Cl2F6N4OS/c1-2-3-25-13-12(29(28)15(21,22)23)10(6-24)26-27(13)11-8(16)4-7(5-9(11)17)14(18,19)20/h1,4-5,25H,3H2. The number of anilines is 1. The maximum Gasteiger partial charge on any atom is 0.476 e. The minimum Gasteiger partial charge on any atom is -0.358 e. The second-order valence-corrected chi connectivity index (χ2v) is 7.33. The van der Waals surface area contributed by atoms with E-state index in [0.717, 1.165) is 0 Å². The van der Waals surface area contributed by atoms with Gasteiger partial charge in [0.15, 0.2) is 16.5 Å². The highest BCUT2D eigenvalue weighted by atomic mass is 35.5. The molecule has 1 aromatic carbocycles. The van der Waals surface area contributed by atoms with E-state index in [9.17, 15) is 30.6 Å². The fourth-order valence-corrected chi connectivity index (χ4v) is 3.63. The monoisotopic (exact) mass is 474 g/mol. The van der Waals surface area contributed by atoms with E-state index in [0.29, 0.717) is 16.8 Å². The zero-order valence-electron chi connectivity index (χ0n) is 13.6. The van der Waals surface area contributed by atoms with Gasteiger partial charge < -0.3 is 5.32 Å². The molecule has 0 saturated carbocycles. The molecule has 5 nitrogen and oxygen atoms in total. The van der Waals surface area contributed by atoms with Crippen molar-refractivity contribution in [3.05, 3.63) is 33.4 Å². The van der Waals surface area contributed by atoms with Crippen molar-refractivity contribution in [2.75, 3.05) is 11.9 Å². The van der Waals surface area contributed by atoms with Crippen molar-refractivity contribution in [2.45, 2.75) is 16.6 Å². The molecule has 0 aliphatic rings. The van der Waals surface area contributed by atoms with Crippen LogP contribution in [0, 0.1) is 23.7 Å². The SMILES string of the molecule is C#CCNc1c(S(=O)C(F)(F)F)c(C#N)nn1-c1c(Cl)cc(C(F)(F)F)cc1Cl. The molecule has 2 aromatic rings. The molecule has 29 heavy (non-hydrogen) atoms. The Hall–Kier alpha value is -2.41. The highest BCUT2D eigenvalue weighted by Gasteiger charge is 2.43. The van der Waals surface area contributed by atoms with Crippen LogP contribution in [-0.2, 0) is 17.0 Å². The topological polar surface area (TPSA) is 70.7 Å². The summed E-state index contributed by atoms with van der Waals surface area (Å²) in [6.07, 6.45) is 0.257. The summed E-state index contributed by atoms with van der Waals surface area (Å²) in [5.74, 6) is 1.40. The third-order valence-corrected chi connectivity index (χ3v) is 5.01. The normalized spacial score (nSPS) is 12.9. The minimum absolute atomic E-state index is 0.394. The predicted octanol–water partition coefficient (Wildman–Crippen LogP) is 4.74. The fourth-order valence-electron chi connectivity index (χ4n) is 2.15. The van der Waals surface area contributed by atoms with Crippen molar-refractivity contribution < 1.29 is 30.6 Å². The molecule has 1 atom stereocenters. The molecule has 0 bridgehead atoms. The van der Waals surface area contributed by atoms with Crippen LogP contribution in [0.3, 0.4) is 0 Å². The van der Waals surface area contributed by atoms with Gasteiger partial charge in [0.2, 0.25) is 0 Å². The summed E-state index contributed by atoms with van der Waals surface area (Å²) in [5.41, 5.74) is -7.86. The molecule has 1 heterocycles. The van der Waals surface area contributed by atoms with Crippen LogP contribution in [0.5, 0.6) is 0 Å². The Balaban J connectivity index is 2.84. The number of nitrogens with one attached hydrogen (secondary N) is 1. The van der Waals surface area contributed by atoms with Gasteiger partial charge >= 0.3 is 11.7 Å². The first-order chi connectivity index (χ1) is 13.3. The summed E-state index contributed by atoms with van der Waals surface area (Å²) in [6, 6.07) is 2.30. The number of nitrogens with zero attached hydrogens (tertiary/aromatic N) is 3. The molecular weight excluding hydrogens is 469 g/mol. The van der Waals surface area contributed by atoms with Crippen molar-refractivity contribution >= 4 is 39.8 Å². The maximum absolute atomic E-state index is 13.0. The molecule has 1 aromatic heterocycles. The molecule has 2 rings (SSSR count). The largest absolute Gasteiger partial charge is 0.476 e. The van der Waals surface area contributed by atoms with Crippen LogP contribution in [0.2, 0.25) is 10.0 Å². The van der Waals surface area contributed by atoms with Crippen molar-refractivity contribution in [3.8, 4) is 24.1 Å². The number of halogens is 8. The Bertz CT molecular complexity index is 1040. The maximum atomic E-state index is 13.0. The summed E-state index contributed by atoms with van der Waals surface area (Å²) < 4.78 is 90.2. The van der Waals surface area contributed by atoms with Crippen LogP contribution >= 0.6 is 23.2 Å². The first kappa shape index (κ1) is 22.9. The molecule has 14 heteroatoms. The summed E-state index contributed by atoms with van der Waals surface area (Å²) >= 11 is 11.7. The molecule has 0 fully saturated rings. The van der Waals surface area contributed by atoms with Gasteiger partial charge in [0.1, 0.15) is 22.5 Å². The average molecular weight is 475 g/mol. The predicted molar refractivity (Wildman–Crippen MR) is 93.1 cm³/mol. The first-order valence-electron chi connectivity index (χ1n) is 7.08. The van der Waals surface area contributed by atoms with Crippen molar-refractivity contribution in [2.24, 2.45) is 0 Å². The Morgan fingerprint density at radius 2 is 1.76 bits per heavy atom. The third-order valence-electron chi connectivity index (χ3n) is 3.26. The average Bonchev–Trinajstić information content (AvgIpc) is 2.94. The number of hydrogen-bond acceptors (Lipinski definition) is 4. The molecule has 0 spiro atoms. The molecule has 0 aliphatic carbocycles. The Kier molecular flexibility index (Phi) is 6.42. The lowest BCUT2D eigenvalue weighted by molar-refractivity contribution is -0.137. The number of alkyl halides is 6. The number of terminal acetylenes is 1. The second-order valence-electron chi connectivity index (χ2n) is 5.11. The van der Waals surface area contributed by atoms with Crippen LogP contribution in [0.1, 0.15) is 11.3 Å². The van der Waals surface area contributed by atoms with Gasteiger partial charge in [0.25, 0.3) is 0 Å². The molecule has 0 saturated heterocycles. The van der Waals surface area contributed by atoms with Crippen LogP contribution in [-0.4, -0.2) is 26.0 Å². The minimum atomic E-state index is -5.26. The van der Waals surface area contributed by atoms with E-state index in [-0.39, 0.29) is 0 Å². The number of nitriles is 1. The van der Waals surface area contributed by atoms with E-state index in [2.05, 4.69) is 16.3 Å². The zero-order chi connectivity index (χ0) is 22.1. The fraction of sp³-hybridized carbons (Fsp3) is 0.200. The van der Waals surface area contributed by atoms with Gasteiger partial charge in [-0.3, -0.25) is 0 Å². The summed E-state index contributed by atoms with van der Waals surface area (Å²) in [6.45, 7) is -0.394. The van der Waals surface area contributed by atoms with E-state index in [1.54, 1.807) is 0 Å². The molecule has 0 amide bonds. The van der Waals surface area contributed by atoms with E-state index in [4.69, 9.17) is 34.9 Å². The van der Waals surface area contributed by atoms with Gasteiger partial charge in [-0.15, -0.1) is 6.42 Å². The van der Waals surface area contributed by atoms with Crippen LogP contribution < -0.4 is 5.32 Å². The Labute approximate surface area is 171 Å². The molecular formula is C15H6Cl2F6N4OS. The lowest BCUT2D eigenvalue weighted by Gasteiger charge is -2.15. The molecule has 1 N–H and O–H groups in total. The van der Waals surface area contributed by atoms with E-state index >= 15 is 0 Å². The van der Waals surface area contributed by atoms with E-state index in [1.807, 2.05) is 0 Å². The summed E-state index contributed by atoms with van der Waals surface area (Å²) in [7, 11) is -3.71. The lowest BCUT2D eigenvalue weighted by Crippen LogP contribution is -2.19. The van der Waals surface area contributed by atoms with Gasteiger partial charge in [0.05, 0.1) is 22.2 Å². The van der Waals surface area contributed by atoms with E-state index in [1.165, 1.54) is 6.07 Å². The van der Waals surface area contributed by atoms with E-state index < -0.39 is 66.7 Å². The van der Waals surface area contributed by atoms with Crippen LogP contribution in [0.15, 0.2) is 17.0 Å². The molecule has 0 radical (unpaired) electrons. The molecule has 0 aliphatic heterocycles. The van der Waals surface area contributed by atoms with Crippen LogP contribution in [0.4, 0.5) is 32.2 Å². The van der Waals surface area contributed by atoms with Gasteiger partial charge in [-0.1, -0.05) is 29.1 Å². The molecule has 154 valence electrons. The number of aromatic nitrogens is 2. The quantitative estimate of drug-likeness (QED) is 0.513. The summed E-state index contributed by atoms with van der Waals surface area (Å²) in [4.78, 5) is -1.07. The Morgan fingerprint density at radius 1 is 1.21 bits per heavy atom. The highest BCUT2D eigenvalue weighted by Crippen LogP contribution is 2.41. The van der Waals surface area contributed by atoms with Gasteiger partial charge in [-0.25, -0.2) is 8.89 Å². The summed E-state index contributed by atoms with van der Waals surface area (Å²) in [5, 5.41) is 13.8. The second kappa shape index (κ2) is 8.14. The van der Waals surface area contributed by atoms with Crippen molar-refractivity contribution in [1.82, 2.24) is 9.78 Å². The third kappa shape index (κ3) is 4.61. The van der Waals surface area contributed by atoms with Gasteiger partial charge in [-0.2, -0.15) is 36.7 Å².